The number of carbonyl (C=O) groups is 3. The van der Waals surface area contributed by atoms with Gasteiger partial charge < -0.3 is 14.6 Å². The summed E-state index contributed by atoms with van der Waals surface area (Å²) in [6.07, 6.45) is 6.78. The monoisotopic (exact) mass is 484 g/mol. The van der Waals surface area contributed by atoms with Gasteiger partial charge in [0.1, 0.15) is 11.7 Å². The number of fused-ring (bicyclic) bond motifs is 2. The predicted molar refractivity (Wildman–Crippen MR) is 132 cm³/mol. The number of benzene rings is 2. The number of amides is 2. The Bertz CT molecular complexity index is 1520. The van der Waals surface area contributed by atoms with Gasteiger partial charge in [0.25, 0.3) is 5.91 Å². The molecule has 174 valence electrons. The van der Waals surface area contributed by atoms with E-state index < -0.39 is 11.6 Å². The molecule has 1 N–H and O–H groups in total. The highest BCUT2D eigenvalue weighted by Gasteiger charge is 2.55. The molecule has 1 aliphatic carbocycles. The molecule has 8 heteroatoms. The topological polar surface area (TPSA) is 83.8 Å². The number of aromatic nitrogens is 2. The zero-order valence-electron chi connectivity index (χ0n) is 18.9. The highest BCUT2D eigenvalue weighted by molar-refractivity contribution is 6.31. The van der Waals surface area contributed by atoms with Crippen LogP contribution in [-0.2, 0) is 10.3 Å². The molecule has 1 atom stereocenters. The highest BCUT2D eigenvalue weighted by atomic mass is 35.5. The number of anilines is 1. The molecule has 2 aromatic heterocycles. The summed E-state index contributed by atoms with van der Waals surface area (Å²) in [6, 6.07) is 15.2. The average Bonchev–Trinajstić information content (AvgIpc) is 3.52. The minimum Gasteiger partial charge on any atom is -0.324 e. The van der Waals surface area contributed by atoms with Crippen LogP contribution < -0.4 is 5.32 Å². The minimum absolute atomic E-state index is 0.123. The first-order valence-electron chi connectivity index (χ1n) is 11.4. The molecule has 1 aliphatic heterocycles. The number of hydrogen-bond donors (Lipinski definition) is 1. The van der Waals surface area contributed by atoms with Crippen molar-refractivity contribution >= 4 is 40.5 Å². The second-order valence-electron chi connectivity index (χ2n) is 9.05. The van der Waals surface area contributed by atoms with Gasteiger partial charge >= 0.3 is 0 Å². The molecule has 1 unspecified atom stereocenters. The first-order valence-corrected chi connectivity index (χ1v) is 11.8. The molecule has 0 saturated heterocycles. The SMILES string of the molecule is CC1C(=O)Nc2cc(Cl)ccc2C(=O)N1C1(c2ccc(C(=O)c3cccn4ccnc34)cc2)CC1. The maximum atomic E-state index is 13.7. The van der Waals surface area contributed by atoms with Crippen LogP contribution in [0.5, 0.6) is 0 Å². The molecule has 2 amide bonds. The number of pyridine rings is 1. The molecule has 2 aliphatic rings. The van der Waals surface area contributed by atoms with Crippen LogP contribution in [0.1, 0.15) is 51.6 Å². The molecule has 7 nitrogen and oxygen atoms in total. The Hall–Kier alpha value is -3.97. The summed E-state index contributed by atoms with van der Waals surface area (Å²) >= 11 is 6.10. The van der Waals surface area contributed by atoms with E-state index in [4.69, 9.17) is 11.6 Å². The van der Waals surface area contributed by atoms with Crippen molar-refractivity contribution in [2.45, 2.75) is 31.3 Å². The number of nitrogens with one attached hydrogen (secondary N) is 1. The van der Waals surface area contributed by atoms with E-state index in [1.807, 2.05) is 28.8 Å². The standard InChI is InChI=1S/C27H21ClN4O3/c1-16-25(34)30-22-15-19(28)8-9-20(22)26(35)32(16)27(10-11-27)18-6-4-17(5-7-18)23(33)21-3-2-13-31-14-12-29-24(21)31/h2-9,12-16H,10-11H2,1H3,(H,30,34). The summed E-state index contributed by atoms with van der Waals surface area (Å²) in [5, 5.41) is 3.29. The molecule has 0 bridgehead atoms. The number of hydrogen-bond acceptors (Lipinski definition) is 4. The fourth-order valence-corrected chi connectivity index (χ4v) is 5.20. The average molecular weight is 485 g/mol. The predicted octanol–water partition coefficient (Wildman–Crippen LogP) is 4.69. The summed E-state index contributed by atoms with van der Waals surface area (Å²) in [5.41, 5.74) is 2.81. The van der Waals surface area contributed by atoms with Gasteiger partial charge in [0.05, 0.1) is 22.4 Å². The van der Waals surface area contributed by atoms with Crippen molar-refractivity contribution in [1.82, 2.24) is 14.3 Å². The molecule has 3 heterocycles. The van der Waals surface area contributed by atoms with E-state index in [-0.39, 0.29) is 17.6 Å². The molecule has 0 spiro atoms. The Morgan fingerprint density at radius 2 is 1.86 bits per heavy atom. The van der Waals surface area contributed by atoms with Crippen molar-refractivity contribution < 1.29 is 14.4 Å². The number of rotatable bonds is 4. The molecular formula is C27H21ClN4O3. The third-order valence-electron chi connectivity index (χ3n) is 6.99. The lowest BCUT2D eigenvalue weighted by Crippen LogP contribution is -2.49. The first kappa shape index (κ1) is 21.6. The summed E-state index contributed by atoms with van der Waals surface area (Å²) in [4.78, 5) is 45.8. The smallest absolute Gasteiger partial charge is 0.257 e. The Kier molecular flexibility index (Phi) is 4.79. The molecule has 0 radical (unpaired) electrons. The quantitative estimate of drug-likeness (QED) is 0.426. The van der Waals surface area contributed by atoms with Gasteiger partial charge in [0, 0.05) is 29.2 Å². The van der Waals surface area contributed by atoms with Crippen LogP contribution in [0.25, 0.3) is 5.65 Å². The van der Waals surface area contributed by atoms with Crippen LogP contribution in [0.4, 0.5) is 5.69 Å². The zero-order chi connectivity index (χ0) is 24.3. The number of ketones is 1. The van der Waals surface area contributed by atoms with Crippen molar-refractivity contribution in [3.63, 3.8) is 0 Å². The molecule has 6 rings (SSSR count). The maximum absolute atomic E-state index is 13.7. The van der Waals surface area contributed by atoms with E-state index in [0.29, 0.717) is 33.0 Å². The van der Waals surface area contributed by atoms with Crippen LogP contribution >= 0.6 is 11.6 Å². The van der Waals surface area contributed by atoms with Crippen molar-refractivity contribution in [1.29, 1.82) is 0 Å². The highest BCUT2D eigenvalue weighted by Crippen LogP contribution is 2.53. The van der Waals surface area contributed by atoms with Gasteiger partial charge in [-0.15, -0.1) is 0 Å². The van der Waals surface area contributed by atoms with Gasteiger partial charge in [0.2, 0.25) is 5.91 Å². The van der Waals surface area contributed by atoms with Crippen LogP contribution in [0, 0.1) is 0 Å². The second kappa shape index (κ2) is 7.78. The number of imidazole rings is 1. The van der Waals surface area contributed by atoms with E-state index in [0.717, 1.165) is 18.4 Å². The Morgan fingerprint density at radius 3 is 2.60 bits per heavy atom. The first-order chi connectivity index (χ1) is 16.9. The van der Waals surface area contributed by atoms with E-state index in [1.54, 1.807) is 60.6 Å². The Morgan fingerprint density at radius 1 is 1.09 bits per heavy atom. The lowest BCUT2D eigenvalue weighted by molar-refractivity contribution is -0.120. The van der Waals surface area contributed by atoms with Gasteiger partial charge in [-0.1, -0.05) is 35.9 Å². The molecular weight excluding hydrogens is 464 g/mol. The second-order valence-corrected chi connectivity index (χ2v) is 9.48. The summed E-state index contributed by atoms with van der Waals surface area (Å²) in [7, 11) is 0. The van der Waals surface area contributed by atoms with Crippen LogP contribution in [0.15, 0.2) is 73.2 Å². The van der Waals surface area contributed by atoms with E-state index in [1.165, 1.54) is 0 Å². The van der Waals surface area contributed by atoms with Crippen LogP contribution in [0.2, 0.25) is 5.02 Å². The maximum Gasteiger partial charge on any atom is 0.257 e. The summed E-state index contributed by atoms with van der Waals surface area (Å²) in [5.74, 6) is -0.598. The fraction of sp³-hybridized carbons (Fsp3) is 0.185. The van der Waals surface area contributed by atoms with Crippen molar-refractivity contribution in [2.75, 3.05) is 5.32 Å². The van der Waals surface area contributed by atoms with Gasteiger partial charge in [-0.05, 0) is 55.7 Å². The number of halogens is 1. The lowest BCUT2D eigenvalue weighted by atomic mass is 9.96. The van der Waals surface area contributed by atoms with E-state index >= 15 is 0 Å². The largest absolute Gasteiger partial charge is 0.324 e. The van der Waals surface area contributed by atoms with E-state index in [2.05, 4.69) is 10.3 Å². The molecule has 2 aromatic carbocycles. The summed E-state index contributed by atoms with van der Waals surface area (Å²) < 4.78 is 1.81. The molecule has 35 heavy (non-hydrogen) atoms. The van der Waals surface area contributed by atoms with Crippen molar-refractivity contribution in [2.24, 2.45) is 0 Å². The third kappa shape index (κ3) is 3.34. The van der Waals surface area contributed by atoms with Gasteiger partial charge in [-0.25, -0.2) is 4.98 Å². The number of carbonyl (C=O) groups excluding carboxylic acids is 3. The molecule has 4 aromatic rings. The van der Waals surface area contributed by atoms with Gasteiger partial charge in [-0.2, -0.15) is 0 Å². The normalized spacial score (nSPS) is 18.7. The fourth-order valence-electron chi connectivity index (χ4n) is 5.03. The Labute approximate surface area is 206 Å². The van der Waals surface area contributed by atoms with Gasteiger partial charge in [0.15, 0.2) is 5.78 Å². The van der Waals surface area contributed by atoms with Crippen LogP contribution in [-0.4, -0.2) is 37.9 Å². The third-order valence-corrected chi connectivity index (χ3v) is 7.22. The van der Waals surface area contributed by atoms with Crippen molar-refractivity contribution in [3.05, 3.63) is 100 Å². The van der Waals surface area contributed by atoms with E-state index in [9.17, 15) is 14.4 Å². The lowest BCUT2D eigenvalue weighted by Gasteiger charge is -2.35. The Balaban J connectivity index is 1.35. The zero-order valence-corrected chi connectivity index (χ0v) is 19.6. The summed E-state index contributed by atoms with van der Waals surface area (Å²) in [6.45, 7) is 1.74. The minimum atomic E-state index is -0.671. The number of nitrogens with zero attached hydrogens (tertiary/aromatic N) is 3. The molecule has 1 saturated carbocycles. The van der Waals surface area contributed by atoms with Gasteiger partial charge in [-0.3, -0.25) is 14.4 Å². The van der Waals surface area contributed by atoms with Crippen LogP contribution in [0.3, 0.4) is 0 Å². The van der Waals surface area contributed by atoms with Crippen molar-refractivity contribution in [3.8, 4) is 0 Å². The molecule has 1 fully saturated rings.